The second-order valence-corrected chi connectivity index (χ2v) is 15.9. The number of hydrogen-bond acceptors (Lipinski definition) is 7. The van der Waals surface area contributed by atoms with Crippen LogP contribution in [-0.2, 0) is 15.1 Å². The number of thioether (sulfide) groups is 1. The van der Waals surface area contributed by atoms with Crippen LogP contribution in [0.15, 0.2) is 52.1 Å². The molecule has 5 aliphatic rings. The molecule has 0 radical (unpaired) electrons. The van der Waals surface area contributed by atoms with E-state index in [2.05, 4.69) is 17.2 Å². The summed E-state index contributed by atoms with van der Waals surface area (Å²) in [6, 6.07) is 6.70. The van der Waals surface area contributed by atoms with Crippen molar-refractivity contribution in [1.82, 2.24) is 25.0 Å². The molecule has 1 N–H and O–H groups in total. The van der Waals surface area contributed by atoms with E-state index in [1.54, 1.807) is 18.3 Å². The number of aliphatic imine (C=N–C) groups is 1. The number of piperazine rings is 1. The number of amidine groups is 1. The second-order valence-electron chi connectivity index (χ2n) is 14.1. The molecule has 2 saturated heterocycles. The standard InChI is InChI=1S/C34H38Cl2F2N6O2S/c1-17(2)27-28(31(46)42-15-22(37)11-25(42)30(45)43-16-34(12-18(34)3)40-13-19(43)4)47-32-41-33(5,21-7-9-26(36)39-14-21)29(44(27)32)20-6-8-23(35)24(38)10-20/h6-10,14,17-19,22,25,29,40H,11-13,15-16H2,1-5H3/t18?,19?,22-,25+,29-,33+,34?/m1/s1. The van der Waals surface area contributed by atoms with Crippen LogP contribution < -0.4 is 5.32 Å². The Morgan fingerprint density at radius 3 is 2.53 bits per heavy atom. The lowest BCUT2D eigenvalue weighted by molar-refractivity contribution is -0.144. The summed E-state index contributed by atoms with van der Waals surface area (Å²) in [7, 11) is 0. The molecular formula is C34H38Cl2F2N6O2S. The number of fused-ring (bicyclic) bond motifs is 1. The van der Waals surface area contributed by atoms with Crippen LogP contribution in [0.4, 0.5) is 8.78 Å². The molecule has 7 atom stereocenters. The zero-order valence-electron chi connectivity index (χ0n) is 26.9. The van der Waals surface area contributed by atoms with Crippen molar-refractivity contribution in [2.24, 2.45) is 16.8 Å². The summed E-state index contributed by atoms with van der Waals surface area (Å²) < 4.78 is 30.2. The summed E-state index contributed by atoms with van der Waals surface area (Å²) in [5, 5.41) is 4.50. The molecule has 1 saturated carbocycles. The van der Waals surface area contributed by atoms with Gasteiger partial charge in [0.05, 0.1) is 17.6 Å². The van der Waals surface area contributed by atoms with E-state index in [0.29, 0.717) is 45.5 Å². The van der Waals surface area contributed by atoms with Gasteiger partial charge in [-0.25, -0.2) is 18.8 Å². The van der Waals surface area contributed by atoms with Crippen LogP contribution in [0.3, 0.4) is 0 Å². The lowest BCUT2D eigenvalue weighted by Gasteiger charge is -2.42. The van der Waals surface area contributed by atoms with Crippen molar-refractivity contribution >= 4 is 51.9 Å². The first kappa shape index (κ1) is 32.8. The van der Waals surface area contributed by atoms with Gasteiger partial charge in [-0.05, 0) is 67.6 Å². The van der Waals surface area contributed by atoms with Gasteiger partial charge in [-0.1, -0.05) is 56.1 Å². The monoisotopic (exact) mass is 702 g/mol. The third-order valence-electron chi connectivity index (χ3n) is 10.6. The number of amides is 2. The molecule has 7 rings (SSSR count). The van der Waals surface area contributed by atoms with Gasteiger partial charge in [0.1, 0.15) is 33.6 Å². The minimum absolute atomic E-state index is 0.000396. The predicted octanol–water partition coefficient (Wildman–Crippen LogP) is 6.31. The Balaban J connectivity index is 1.26. The Kier molecular flexibility index (Phi) is 8.17. The smallest absolute Gasteiger partial charge is 0.263 e. The third kappa shape index (κ3) is 5.36. The van der Waals surface area contributed by atoms with E-state index in [1.165, 1.54) is 28.8 Å². The molecule has 250 valence electrons. The number of pyridine rings is 1. The Labute approximate surface area is 287 Å². The van der Waals surface area contributed by atoms with E-state index in [-0.39, 0.29) is 47.3 Å². The normalized spacial score (nSPS) is 33.3. The molecule has 2 amide bonds. The molecule has 1 spiro atoms. The summed E-state index contributed by atoms with van der Waals surface area (Å²) in [5.41, 5.74) is 1.05. The number of aromatic nitrogens is 1. The highest BCUT2D eigenvalue weighted by atomic mass is 35.5. The number of halogens is 4. The Morgan fingerprint density at radius 2 is 1.89 bits per heavy atom. The van der Waals surface area contributed by atoms with Crippen molar-refractivity contribution in [3.63, 3.8) is 0 Å². The summed E-state index contributed by atoms with van der Waals surface area (Å²) >= 11 is 13.4. The van der Waals surface area contributed by atoms with Gasteiger partial charge < -0.3 is 20.0 Å². The van der Waals surface area contributed by atoms with Crippen LogP contribution in [-0.4, -0.2) is 80.1 Å². The minimum Gasteiger partial charge on any atom is -0.335 e. The van der Waals surface area contributed by atoms with Gasteiger partial charge in [0, 0.05) is 48.5 Å². The Morgan fingerprint density at radius 1 is 1.15 bits per heavy atom. The van der Waals surface area contributed by atoms with Gasteiger partial charge in [-0.15, -0.1) is 0 Å². The lowest BCUT2D eigenvalue weighted by Crippen LogP contribution is -2.62. The average Bonchev–Trinajstić information content (AvgIpc) is 3.31. The second kappa shape index (κ2) is 11.7. The Bertz CT molecular complexity index is 1710. The molecule has 1 aromatic carbocycles. The number of carbonyl (C=O) groups excluding carboxylic acids is 2. The highest BCUT2D eigenvalue weighted by Crippen LogP contribution is 2.56. The van der Waals surface area contributed by atoms with Gasteiger partial charge >= 0.3 is 0 Å². The van der Waals surface area contributed by atoms with Crippen LogP contribution in [0.5, 0.6) is 0 Å². The van der Waals surface area contributed by atoms with E-state index in [9.17, 15) is 14.0 Å². The summed E-state index contributed by atoms with van der Waals surface area (Å²) in [5.74, 6) is -0.857. The van der Waals surface area contributed by atoms with Gasteiger partial charge in [0.25, 0.3) is 5.91 Å². The van der Waals surface area contributed by atoms with E-state index < -0.39 is 29.6 Å². The molecule has 13 heteroatoms. The maximum Gasteiger partial charge on any atom is 0.263 e. The largest absolute Gasteiger partial charge is 0.335 e. The molecule has 8 nitrogen and oxygen atoms in total. The van der Waals surface area contributed by atoms with Crippen molar-refractivity contribution in [3.05, 3.63) is 74.3 Å². The molecular weight excluding hydrogens is 665 g/mol. The van der Waals surface area contributed by atoms with E-state index >= 15 is 4.39 Å². The van der Waals surface area contributed by atoms with Crippen molar-refractivity contribution in [1.29, 1.82) is 0 Å². The first-order valence-electron chi connectivity index (χ1n) is 16.1. The zero-order valence-corrected chi connectivity index (χ0v) is 29.3. The first-order valence-corrected chi connectivity index (χ1v) is 17.7. The minimum atomic E-state index is -1.31. The number of hydrogen-bond donors (Lipinski definition) is 1. The van der Waals surface area contributed by atoms with Crippen molar-refractivity contribution in [2.75, 3.05) is 19.6 Å². The van der Waals surface area contributed by atoms with Crippen LogP contribution in [0.25, 0.3) is 0 Å². The molecule has 1 aliphatic carbocycles. The van der Waals surface area contributed by atoms with Gasteiger partial charge in [-0.2, -0.15) is 0 Å². The van der Waals surface area contributed by atoms with Crippen molar-refractivity contribution < 1.29 is 18.4 Å². The van der Waals surface area contributed by atoms with Gasteiger partial charge in [-0.3, -0.25) is 9.59 Å². The number of nitrogens with zero attached hydrogens (tertiary/aromatic N) is 5. The van der Waals surface area contributed by atoms with E-state index in [1.807, 2.05) is 43.6 Å². The number of carbonyl (C=O) groups is 2. The number of nitrogens with one attached hydrogen (secondary N) is 1. The molecule has 2 aromatic rings. The maximum absolute atomic E-state index is 15.2. The van der Waals surface area contributed by atoms with Gasteiger partial charge in [0.2, 0.25) is 5.91 Å². The summed E-state index contributed by atoms with van der Waals surface area (Å²) in [4.78, 5) is 43.8. The maximum atomic E-state index is 15.2. The van der Waals surface area contributed by atoms with Crippen LogP contribution >= 0.6 is 35.0 Å². The SMILES string of the molecule is CC(C)C1=C(C(=O)N2C[C@H](F)C[C@H]2C(=O)N2CC3(CC3C)NCC2C)SC2=N[C@@](C)(c3ccc(Cl)nc3)[C@@H](c3ccc(Cl)c(F)c3)N21. The number of rotatable bonds is 5. The summed E-state index contributed by atoms with van der Waals surface area (Å²) in [6.45, 7) is 11.1. The highest BCUT2D eigenvalue weighted by Gasteiger charge is 2.57. The Hall–Kier alpha value is -2.73. The van der Waals surface area contributed by atoms with E-state index in [4.69, 9.17) is 28.2 Å². The first-order chi connectivity index (χ1) is 22.2. The number of benzene rings is 1. The van der Waals surface area contributed by atoms with Crippen LogP contribution in [0.1, 0.15) is 64.6 Å². The zero-order chi connectivity index (χ0) is 33.6. The third-order valence-corrected chi connectivity index (χ3v) is 12.2. The molecule has 1 aromatic heterocycles. The van der Waals surface area contributed by atoms with Crippen molar-refractivity contribution in [2.45, 2.75) is 82.8 Å². The topological polar surface area (TPSA) is 81.1 Å². The molecule has 0 bridgehead atoms. The fourth-order valence-corrected chi connectivity index (χ4v) is 9.37. The number of alkyl halides is 1. The van der Waals surface area contributed by atoms with Crippen LogP contribution in [0, 0.1) is 17.7 Å². The van der Waals surface area contributed by atoms with Gasteiger partial charge in [0.15, 0.2) is 5.17 Å². The average molecular weight is 704 g/mol. The van der Waals surface area contributed by atoms with Crippen molar-refractivity contribution in [3.8, 4) is 0 Å². The molecule has 47 heavy (non-hydrogen) atoms. The van der Waals surface area contributed by atoms with Crippen LogP contribution in [0.2, 0.25) is 10.2 Å². The molecule has 5 heterocycles. The molecule has 3 fully saturated rings. The number of allylic oxidation sites excluding steroid dienone is 1. The quantitative estimate of drug-likeness (QED) is 0.368. The lowest BCUT2D eigenvalue weighted by atomic mass is 9.81. The summed E-state index contributed by atoms with van der Waals surface area (Å²) in [6.07, 6.45) is 1.31. The number of likely N-dealkylation sites (tertiary alicyclic amines) is 1. The fourth-order valence-electron chi connectivity index (χ4n) is 7.78. The molecule has 3 unspecified atom stereocenters. The highest BCUT2D eigenvalue weighted by molar-refractivity contribution is 8.18. The predicted molar refractivity (Wildman–Crippen MR) is 180 cm³/mol. The fraction of sp³-hybridized carbons (Fsp3) is 0.529. The van der Waals surface area contributed by atoms with E-state index in [0.717, 1.165) is 12.0 Å². The molecule has 4 aliphatic heterocycles.